The van der Waals surface area contributed by atoms with Gasteiger partial charge in [0.05, 0.1) is 32.7 Å². The van der Waals surface area contributed by atoms with E-state index >= 15 is 0 Å². The molecule has 112 valence electrons. The van der Waals surface area contributed by atoms with E-state index in [1.807, 2.05) is 0 Å². The summed E-state index contributed by atoms with van der Waals surface area (Å²) in [5.41, 5.74) is 6.70. The van der Waals surface area contributed by atoms with Gasteiger partial charge in [0, 0.05) is 0 Å². The number of hydrogen-bond donors (Lipinski definition) is 1. The molecule has 0 bridgehead atoms. The Morgan fingerprint density at radius 1 is 1.14 bits per heavy atom. The SMILES string of the molecule is Cc1cccc(S(=O)Cc2cccc(C(F)(F)F)c2)c1N. The second kappa shape index (κ2) is 5.89. The van der Waals surface area contributed by atoms with Gasteiger partial charge in [0.15, 0.2) is 0 Å². The second-order valence-corrected chi connectivity index (χ2v) is 6.09. The van der Waals surface area contributed by atoms with E-state index in [0.717, 1.165) is 17.7 Å². The number of anilines is 1. The molecule has 0 spiro atoms. The van der Waals surface area contributed by atoms with Crippen molar-refractivity contribution in [1.82, 2.24) is 0 Å². The molecule has 0 aliphatic heterocycles. The van der Waals surface area contributed by atoms with Crippen LogP contribution < -0.4 is 5.73 Å². The highest BCUT2D eigenvalue weighted by Crippen LogP contribution is 2.30. The Morgan fingerprint density at radius 2 is 1.81 bits per heavy atom. The topological polar surface area (TPSA) is 43.1 Å². The molecule has 0 saturated carbocycles. The maximum atomic E-state index is 12.6. The van der Waals surface area contributed by atoms with Gasteiger partial charge in [0.1, 0.15) is 0 Å². The summed E-state index contributed by atoms with van der Waals surface area (Å²) in [5.74, 6) is -0.00241. The minimum absolute atomic E-state index is 0.00241. The van der Waals surface area contributed by atoms with Crippen molar-refractivity contribution in [3.05, 3.63) is 59.2 Å². The zero-order valence-electron chi connectivity index (χ0n) is 11.3. The molecular formula is C15H14F3NOS. The van der Waals surface area contributed by atoms with Crippen molar-refractivity contribution < 1.29 is 17.4 Å². The summed E-state index contributed by atoms with van der Waals surface area (Å²) in [7, 11) is -1.48. The molecule has 0 aliphatic rings. The van der Waals surface area contributed by atoms with Crippen LogP contribution in [0, 0.1) is 6.92 Å². The van der Waals surface area contributed by atoms with Gasteiger partial charge >= 0.3 is 6.18 Å². The van der Waals surface area contributed by atoms with E-state index in [1.165, 1.54) is 12.1 Å². The molecule has 0 amide bonds. The fraction of sp³-hybridized carbons (Fsp3) is 0.200. The molecule has 2 aromatic carbocycles. The van der Waals surface area contributed by atoms with Crippen LogP contribution in [0.2, 0.25) is 0 Å². The Hall–Kier alpha value is -1.82. The van der Waals surface area contributed by atoms with Gasteiger partial charge in [0.25, 0.3) is 0 Å². The number of aryl methyl sites for hydroxylation is 1. The molecule has 2 N–H and O–H groups in total. The third-order valence-corrected chi connectivity index (χ3v) is 4.52. The first kappa shape index (κ1) is 15.6. The normalized spacial score (nSPS) is 13.1. The third kappa shape index (κ3) is 3.64. The predicted molar refractivity (Wildman–Crippen MR) is 77.1 cm³/mol. The zero-order valence-corrected chi connectivity index (χ0v) is 12.1. The lowest BCUT2D eigenvalue weighted by Gasteiger charge is -2.10. The summed E-state index contributed by atoms with van der Waals surface area (Å²) in [6, 6.07) is 10.0. The highest BCUT2D eigenvalue weighted by atomic mass is 32.2. The van der Waals surface area contributed by atoms with Crippen LogP contribution in [0.1, 0.15) is 16.7 Å². The van der Waals surface area contributed by atoms with Crippen LogP contribution >= 0.6 is 0 Å². The molecule has 1 atom stereocenters. The van der Waals surface area contributed by atoms with E-state index < -0.39 is 22.5 Å². The largest absolute Gasteiger partial charge is 0.416 e. The van der Waals surface area contributed by atoms with Crippen molar-refractivity contribution in [2.24, 2.45) is 0 Å². The van der Waals surface area contributed by atoms with Crippen molar-refractivity contribution in [2.75, 3.05) is 5.73 Å². The number of rotatable bonds is 3. The van der Waals surface area contributed by atoms with E-state index in [2.05, 4.69) is 0 Å². The predicted octanol–water partition coefficient (Wildman–Crippen LogP) is 3.90. The molecular weight excluding hydrogens is 299 g/mol. The van der Waals surface area contributed by atoms with Gasteiger partial charge in [-0.05, 0) is 30.2 Å². The van der Waals surface area contributed by atoms with E-state index in [9.17, 15) is 17.4 Å². The first-order chi connectivity index (χ1) is 9.79. The molecule has 0 aliphatic carbocycles. The lowest BCUT2D eigenvalue weighted by atomic mass is 10.1. The average molecular weight is 313 g/mol. The van der Waals surface area contributed by atoms with Crippen LogP contribution in [0.15, 0.2) is 47.4 Å². The number of alkyl halides is 3. The maximum Gasteiger partial charge on any atom is 0.416 e. The minimum atomic E-state index is -4.40. The highest BCUT2D eigenvalue weighted by Gasteiger charge is 2.30. The highest BCUT2D eigenvalue weighted by molar-refractivity contribution is 7.84. The first-order valence-electron chi connectivity index (χ1n) is 6.18. The number of nitrogens with two attached hydrogens (primary N) is 1. The molecule has 1 unspecified atom stereocenters. The van der Waals surface area contributed by atoms with Gasteiger partial charge in [-0.15, -0.1) is 0 Å². The van der Waals surface area contributed by atoms with Crippen LogP contribution in [0.3, 0.4) is 0 Å². The van der Waals surface area contributed by atoms with Gasteiger partial charge in [-0.25, -0.2) is 0 Å². The summed E-state index contributed by atoms with van der Waals surface area (Å²) in [4.78, 5) is 0.451. The Bertz CT molecular complexity index is 683. The van der Waals surface area contributed by atoms with E-state index in [0.29, 0.717) is 16.1 Å². The number of nitrogen functional groups attached to an aromatic ring is 1. The van der Waals surface area contributed by atoms with Crippen LogP contribution in [0.25, 0.3) is 0 Å². The van der Waals surface area contributed by atoms with Crippen molar-refractivity contribution in [2.45, 2.75) is 23.7 Å². The number of halogens is 3. The lowest BCUT2D eigenvalue weighted by Crippen LogP contribution is -2.07. The molecule has 6 heteroatoms. The number of hydrogen-bond acceptors (Lipinski definition) is 2. The van der Waals surface area contributed by atoms with Gasteiger partial charge in [-0.2, -0.15) is 13.2 Å². The summed E-state index contributed by atoms with van der Waals surface area (Å²) >= 11 is 0. The summed E-state index contributed by atoms with van der Waals surface area (Å²) in [5, 5.41) is 0. The molecule has 21 heavy (non-hydrogen) atoms. The molecule has 0 fully saturated rings. The molecule has 0 saturated heterocycles. The van der Waals surface area contributed by atoms with Crippen LogP contribution in [0.5, 0.6) is 0 Å². The molecule has 2 aromatic rings. The third-order valence-electron chi connectivity index (χ3n) is 3.08. The molecule has 0 aromatic heterocycles. The first-order valence-corrected chi connectivity index (χ1v) is 7.50. The van der Waals surface area contributed by atoms with Gasteiger partial charge in [-0.3, -0.25) is 4.21 Å². The van der Waals surface area contributed by atoms with Crippen molar-refractivity contribution >= 4 is 16.5 Å². The van der Waals surface area contributed by atoms with Crippen molar-refractivity contribution in [1.29, 1.82) is 0 Å². The van der Waals surface area contributed by atoms with Crippen LogP contribution in [0.4, 0.5) is 18.9 Å². The lowest BCUT2D eigenvalue weighted by molar-refractivity contribution is -0.137. The van der Waals surface area contributed by atoms with E-state index in [4.69, 9.17) is 5.73 Å². The molecule has 2 nitrogen and oxygen atoms in total. The molecule has 0 heterocycles. The van der Waals surface area contributed by atoms with Gasteiger partial charge in [-0.1, -0.05) is 30.3 Å². The van der Waals surface area contributed by atoms with E-state index in [1.54, 1.807) is 25.1 Å². The summed E-state index contributed by atoms with van der Waals surface area (Å²) < 4.78 is 50.2. The standard InChI is InChI=1S/C15H14F3NOS/c1-10-4-2-7-13(14(10)19)21(20)9-11-5-3-6-12(8-11)15(16,17)18/h2-8H,9,19H2,1H3. The maximum absolute atomic E-state index is 12.6. The fourth-order valence-corrected chi connectivity index (χ4v) is 3.19. The molecule has 0 radical (unpaired) electrons. The quantitative estimate of drug-likeness (QED) is 0.873. The van der Waals surface area contributed by atoms with Gasteiger partial charge < -0.3 is 5.73 Å². The minimum Gasteiger partial charge on any atom is -0.398 e. The second-order valence-electron chi connectivity index (χ2n) is 4.67. The van der Waals surface area contributed by atoms with Crippen LogP contribution in [-0.4, -0.2) is 4.21 Å². The van der Waals surface area contributed by atoms with Gasteiger partial charge in [0.2, 0.25) is 0 Å². The van der Waals surface area contributed by atoms with E-state index in [-0.39, 0.29) is 5.75 Å². The smallest absolute Gasteiger partial charge is 0.398 e. The number of para-hydroxylation sites is 1. The summed E-state index contributed by atoms with van der Waals surface area (Å²) in [6.07, 6.45) is -4.40. The van der Waals surface area contributed by atoms with Crippen LogP contribution in [-0.2, 0) is 22.7 Å². The molecule has 2 rings (SSSR count). The average Bonchev–Trinajstić information content (AvgIpc) is 2.41. The fourth-order valence-electron chi connectivity index (χ4n) is 1.92. The Morgan fingerprint density at radius 3 is 2.48 bits per heavy atom. The van der Waals surface area contributed by atoms with Crippen molar-refractivity contribution in [3.63, 3.8) is 0 Å². The Labute approximate surface area is 123 Å². The number of benzene rings is 2. The zero-order chi connectivity index (χ0) is 15.6. The Balaban J connectivity index is 2.26. The monoisotopic (exact) mass is 313 g/mol. The van der Waals surface area contributed by atoms with Crippen molar-refractivity contribution in [3.8, 4) is 0 Å². The Kier molecular flexibility index (Phi) is 4.37. The summed E-state index contributed by atoms with van der Waals surface area (Å²) in [6.45, 7) is 1.79.